The van der Waals surface area contributed by atoms with Crippen molar-refractivity contribution >= 4 is 5.84 Å². The summed E-state index contributed by atoms with van der Waals surface area (Å²) in [4.78, 5) is 0. The molecule has 1 aliphatic rings. The molecule has 0 spiro atoms. The molecule has 1 unspecified atom stereocenters. The number of amidine groups is 1. The van der Waals surface area contributed by atoms with E-state index >= 15 is 0 Å². The lowest BCUT2D eigenvalue weighted by Gasteiger charge is -2.22. The summed E-state index contributed by atoms with van der Waals surface area (Å²) in [6, 6.07) is 4.81. The van der Waals surface area contributed by atoms with Crippen LogP contribution < -0.4 is 5.73 Å². The fraction of sp³-hybridized carbons (Fsp3) is 0.500. The number of hydrogen-bond donors (Lipinski definition) is 2. The van der Waals surface area contributed by atoms with E-state index in [-0.39, 0.29) is 24.1 Å². The summed E-state index contributed by atoms with van der Waals surface area (Å²) in [7, 11) is 0. The fourth-order valence-electron chi connectivity index (χ4n) is 2.14. The van der Waals surface area contributed by atoms with Crippen molar-refractivity contribution in [2.75, 3.05) is 13.2 Å². The van der Waals surface area contributed by atoms with Crippen molar-refractivity contribution in [1.82, 2.24) is 0 Å². The predicted molar refractivity (Wildman–Crippen MR) is 70.7 cm³/mol. The molecule has 5 heteroatoms. The van der Waals surface area contributed by atoms with Crippen LogP contribution in [-0.2, 0) is 16.1 Å². The van der Waals surface area contributed by atoms with Crippen molar-refractivity contribution in [1.29, 1.82) is 5.41 Å². The number of rotatable bonds is 5. The Morgan fingerprint density at radius 2 is 2.32 bits per heavy atom. The summed E-state index contributed by atoms with van der Waals surface area (Å²) in [6.07, 6.45) is 3.37. The molecule has 0 saturated carbocycles. The first kappa shape index (κ1) is 14.0. The molecule has 3 N–H and O–H groups in total. The van der Waals surface area contributed by atoms with E-state index < -0.39 is 5.82 Å². The van der Waals surface area contributed by atoms with E-state index in [0.717, 1.165) is 25.9 Å². The Bertz CT molecular complexity index is 445. The molecule has 0 aromatic heterocycles. The van der Waals surface area contributed by atoms with E-state index in [1.54, 1.807) is 12.1 Å². The molecule has 1 aromatic rings. The molecule has 0 amide bonds. The summed E-state index contributed by atoms with van der Waals surface area (Å²) < 4.78 is 25.0. The highest BCUT2D eigenvalue weighted by Crippen LogP contribution is 2.16. The SMILES string of the molecule is N=C(N)c1cccc(COCC2CCCCO2)c1F. The van der Waals surface area contributed by atoms with E-state index in [1.807, 2.05) is 0 Å². The third-order valence-corrected chi connectivity index (χ3v) is 3.20. The Morgan fingerprint density at radius 3 is 3.00 bits per heavy atom. The summed E-state index contributed by atoms with van der Waals surface area (Å²) in [5.74, 6) is -0.741. The molecule has 104 valence electrons. The molecule has 1 saturated heterocycles. The first-order valence-electron chi connectivity index (χ1n) is 6.49. The summed E-state index contributed by atoms with van der Waals surface area (Å²) in [5, 5.41) is 7.29. The molecule has 0 bridgehead atoms. The van der Waals surface area contributed by atoms with Crippen LogP contribution in [0.2, 0.25) is 0 Å². The zero-order valence-electron chi connectivity index (χ0n) is 10.8. The highest BCUT2D eigenvalue weighted by Gasteiger charge is 2.15. The summed E-state index contributed by atoms with van der Waals surface area (Å²) in [5.41, 5.74) is 5.85. The van der Waals surface area contributed by atoms with Gasteiger partial charge in [-0.3, -0.25) is 5.41 Å². The van der Waals surface area contributed by atoms with Gasteiger partial charge in [-0.25, -0.2) is 4.39 Å². The van der Waals surface area contributed by atoms with Crippen molar-refractivity contribution in [3.05, 3.63) is 35.1 Å². The van der Waals surface area contributed by atoms with Gasteiger partial charge in [0.1, 0.15) is 11.7 Å². The highest BCUT2D eigenvalue weighted by molar-refractivity contribution is 5.95. The van der Waals surface area contributed by atoms with E-state index in [2.05, 4.69) is 0 Å². The lowest BCUT2D eigenvalue weighted by molar-refractivity contribution is -0.0451. The van der Waals surface area contributed by atoms with Crippen LogP contribution in [0.3, 0.4) is 0 Å². The van der Waals surface area contributed by atoms with Gasteiger partial charge in [0.2, 0.25) is 0 Å². The van der Waals surface area contributed by atoms with Crippen molar-refractivity contribution in [3.8, 4) is 0 Å². The Hall–Kier alpha value is -1.46. The average Bonchev–Trinajstić information content (AvgIpc) is 2.41. The van der Waals surface area contributed by atoms with Gasteiger partial charge >= 0.3 is 0 Å². The van der Waals surface area contributed by atoms with Gasteiger partial charge in [0.15, 0.2) is 0 Å². The van der Waals surface area contributed by atoms with E-state index in [4.69, 9.17) is 20.6 Å². The second kappa shape index (κ2) is 6.63. The molecular formula is C14H19FN2O2. The second-order valence-corrected chi connectivity index (χ2v) is 4.70. The van der Waals surface area contributed by atoms with Crippen LogP contribution in [-0.4, -0.2) is 25.2 Å². The van der Waals surface area contributed by atoms with E-state index in [1.165, 1.54) is 6.07 Å². The maximum absolute atomic E-state index is 14.0. The Kier molecular flexibility index (Phi) is 4.87. The molecule has 1 aliphatic heterocycles. The first-order chi connectivity index (χ1) is 9.18. The number of ether oxygens (including phenoxy) is 2. The molecule has 1 aromatic carbocycles. The normalized spacial score (nSPS) is 19.3. The minimum atomic E-state index is -0.473. The van der Waals surface area contributed by atoms with E-state index in [9.17, 15) is 4.39 Å². The maximum Gasteiger partial charge on any atom is 0.139 e. The lowest BCUT2D eigenvalue weighted by Crippen LogP contribution is -2.24. The molecule has 1 atom stereocenters. The van der Waals surface area contributed by atoms with Crippen LogP contribution in [0, 0.1) is 11.2 Å². The quantitative estimate of drug-likeness (QED) is 0.634. The smallest absolute Gasteiger partial charge is 0.139 e. The molecule has 1 heterocycles. The predicted octanol–water partition coefficient (Wildman–Crippen LogP) is 2.20. The van der Waals surface area contributed by atoms with Crippen LogP contribution in [0.15, 0.2) is 18.2 Å². The summed E-state index contributed by atoms with van der Waals surface area (Å²) >= 11 is 0. The third kappa shape index (κ3) is 3.75. The zero-order chi connectivity index (χ0) is 13.7. The van der Waals surface area contributed by atoms with Gasteiger partial charge in [0.05, 0.1) is 24.9 Å². The number of hydrogen-bond acceptors (Lipinski definition) is 3. The molecule has 4 nitrogen and oxygen atoms in total. The van der Waals surface area contributed by atoms with Gasteiger partial charge < -0.3 is 15.2 Å². The number of benzene rings is 1. The number of halogens is 1. The summed E-state index contributed by atoms with van der Waals surface area (Å²) in [6.45, 7) is 1.43. The Morgan fingerprint density at radius 1 is 1.47 bits per heavy atom. The van der Waals surface area contributed by atoms with Crippen LogP contribution in [0.4, 0.5) is 4.39 Å². The van der Waals surface area contributed by atoms with Crippen molar-refractivity contribution in [2.24, 2.45) is 5.73 Å². The topological polar surface area (TPSA) is 68.3 Å². The molecular weight excluding hydrogens is 247 g/mol. The zero-order valence-corrected chi connectivity index (χ0v) is 10.8. The van der Waals surface area contributed by atoms with Crippen molar-refractivity contribution < 1.29 is 13.9 Å². The van der Waals surface area contributed by atoms with Crippen LogP contribution in [0.5, 0.6) is 0 Å². The van der Waals surface area contributed by atoms with Gasteiger partial charge in [-0.15, -0.1) is 0 Å². The fourth-order valence-corrected chi connectivity index (χ4v) is 2.14. The first-order valence-corrected chi connectivity index (χ1v) is 6.49. The molecule has 2 rings (SSSR count). The minimum Gasteiger partial charge on any atom is -0.384 e. The second-order valence-electron chi connectivity index (χ2n) is 4.70. The lowest BCUT2D eigenvalue weighted by atomic mass is 10.1. The van der Waals surface area contributed by atoms with Crippen LogP contribution >= 0.6 is 0 Å². The molecule has 0 radical (unpaired) electrons. The Labute approximate surface area is 112 Å². The van der Waals surface area contributed by atoms with Crippen molar-refractivity contribution in [3.63, 3.8) is 0 Å². The van der Waals surface area contributed by atoms with Crippen molar-refractivity contribution in [2.45, 2.75) is 32.0 Å². The molecule has 0 aliphatic carbocycles. The van der Waals surface area contributed by atoms with Gasteiger partial charge in [-0.1, -0.05) is 12.1 Å². The third-order valence-electron chi connectivity index (χ3n) is 3.20. The van der Waals surface area contributed by atoms with Gasteiger partial charge in [0, 0.05) is 12.2 Å². The number of nitrogens with one attached hydrogen (secondary N) is 1. The van der Waals surface area contributed by atoms with E-state index in [0.29, 0.717) is 12.2 Å². The molecule has 19 heavy (non-hydrogen) atoms. The minimum absolute atomic E-state index is 0.118. The standard InChI is InChI=1S/C14H19FN2O2/c15-13-10(4-3-6-12(13)14(16)17)8-18-9-11-5-1-2-7-19-11/h3-4,6,11H,1-2,5,7-9H2,(H3,16,17). The van der Waals surface area contributed by atoms with Crippen LogP contribution in [0.25, 0.3) is 0 Å². The Balaban J connectivity index is 1.88. The maximum atomic E-state index is 14.0. The number of nitrogens with two attached hydrogens (primary N) is 1. The molecule has 1 fully saturated rings. The van der Waals surface area contributed by atoms with Gasteiger partial charge in [-0.2, -0.15) is 0 Å². The highest BCUT2D eigenvalue weighted by atomic mass is 19.1. The largest absolute Gasteiger partial charge is 0.384 e. The van der Waals surface area contributed by atoms with Gasteiger partial charge in [-0.05, 0) is 25.3 Å². The average molecular weight is 266 g/mol. The monoisotopic (exact) mass is 266 g/mol. The number of nitrogen functional groups attached to an aromatic ring is 1. The van der Waals surface area contributed by atoms with Gasteiger partial charge in [0.25, 0.3) is 0 Å². The van der Waals surface area contributed by atoms with Crippen LogP contribution in [0.1, 0.15) is 30.4 Å².